The van der Waals surface area contributed by atoms with Crippen LogP contribution in [-0.2, 0) is 0 Å². The lowest BCUT2D eigenvalue weighted by molar-refractivity contribution is 1.30. The van der Waals surface area contributed by atoms with Crippen molar-refractivity contribution < 1.29 is 0 Å². The zero-order valence-electron chi connectivity index (χ0n) is 10.3. The van der Waals surface area contributed by atoms with Gasteiger partial charge in [-0.25, -0.2) is 0 Å². The van der Waals surface area contributed by atoms with Crippen molar-refractivity contribution >= 4 is 38.9 Å². The molecule has 0 saturated heterocycles. The highest BCUT2D eigenvalue weighted by Crippen LogP contribution is 2.28. The largest absolute Gasteiger partial charge is 0.257 e. The van der Waals surface area contributed by atoms with Gasteiger partial charge in [-0.3, -0.25) is 4.98 Å². The van der Waals surface area contributed by atoms with Crippen LogP contribution in [0.2, 0.25) is 0 Å². The fourth-order valence-electron chi connectivity index (χ4n) is 2.08. The molecule has 2 heteroatoms. The molecule has 1 aromatic heterocycles. The topological polar surface area (TPSA) is 12.9 Å². The second kappa shape index (κ2) is 5.37. The number of pyridine rings is 1. The van der Waals surface area contributed by atoms with Gasteiger partial charge in [-0.2, -0.15) is 0 Å². The van der Waals surface area contributed by atoms with Crippen LogP contribution < -0.4 is 0 Å². The van der Waals surface area contributed by atoms with Gasteiger partial charge in [0.15, 0.2) is 0 Å². The molecule has 3 aromatic rings. The van der Waals surface area contributed by atoms with Gasteiger partial charge in [-0.1, -0.05) is 58.4 Å². The van der Waals surface area contributed by atoms with Crippen molar-refractivity contribution in [1.29, 1.82) is 0 Å². The summed E-state index contributed by atoms with van der Waals surface area (Å²) < 4.78 is 1.10. The summed E-state index contributed by atoms with van der Waals surface area (Å²) >= 11 is 3.62. The molecule has 2 aromatic carbocycles. The Bertz CT molecular complexity index is 733. The first kappa shape index (κ1) is 12.1. The first-order valence-electron chi connectivity index (χ1n) is 6.11. The Morgan fingerprint density at radius 3 is 2.53 bits per heavy atom. The standard InChI is InChI=1S/C17H12BrN/c18-17-11-8-13-5-1-2-7-15(13)16(17)10-9-14-6-3-4-12-19-14/h1-12H. The Balaban J connectivity index is 2.10. The van der Waals surface area contributed by atoms with Crippen molar-refractivity contribution in [3.8, 4) is 0 Å². The molecule has 3 rings (SSSR count). The van der Waals surface area contributed by atoms with Gasteiger partial charge in [-0.15, -0.1) is 0 Å². The molecule has 0 fully saturated rings. The molecule has 0 spiro atoms. The maximum Gasteiger partial charge on any atom is 0.0629 e. The van der Waals surface area contributed by atoms with Crippen LogP contribution in [0.5, 0.6) is 0 Å². The normalized spacial score (nSPS) is 11.2. The molecule has 0 aliphatic carbocycles. The first-order chi connectivity index (χ1) is 9.34. The van der Waals surface area contributed by atoms with Crippen LogP contribution in [0, 0.1) is 0 Å². The van der Waals surface area contributed by atoms with Gasteiger partial charge < -0.3 is 0 Å². The van der Waals surface area contributed by atoms with Crippen molar-refractivity contribution in [2.24, 2.45) is 0 Å². The molecule has 0 bridgehead atoms. The van der Waals surface area contributed by atoms with E-state index in [2.05, 4.69) is 63.4 Å². The summed E-state index contributed by atoms with van der Waals surface area (Å²) in [5.74, 6) is 0. The molecular weight excluding hydrogens is 298 g/mol. The van der Waals surface area contributed by atoms with E-state index in [1.54, 1.807) is 6.20 Å². The lowest BCUT2D eigenvalue weighted by Gasteiger charge is -2.05. The van der Waals surface area contributed by atoms with E-state index < -0.39 is 0 Å². The molecule has 19 heavy (non-hydrogen) atoms. The van der Waals surface area contributed by atoms with E-state index in [-0.39, 0.29) is 0 Å². The van der Waals surface area contributed by atoms with Gasteiger partial charge in [-0.05, 0) is 40.6 Å². The lowest BCUT2D eigenvalue weighted by atomic mass is 10.0. The molecule has 0 aliphatic heterocycles. The SMILES string of the molecule is Brc1ccc2ccccc2c1C=Cc1ccccn1. The Kier molecular flexibility index (Phi) is 3.43. The summed E-state index contributed by atoms with van der Waals surface area (Å²) in [7, 11) is 0. The number of rotatable bonds is 2. The van der Waals surface area contributed by atoms with Crippen LogP contribution in [-0.4, -0.2) is 4.98 Å². The Hall–Kier alpha value is -1.93. The predicted molar refractivity (Wildman–Crippen MR) is 84.8 cm³/mol. The Morgan fingerprint density at radius 1 is 0.842 bits per heavy atom. The summed E-state index contributed by atoms with van der Waals surface area (Å²) in [4.78, 5) is 4.30. The molecule has 0 amide bonds. The second-order valence-corrected chi connectivity index (χ2v) is 5.12. The number of hydrogen-bond acceptors (Lipinski definition) is 1. The third-order valence-electron chi connectivity index (χ3n) is 3.03. The maximum atomic E-state index is 4.30. The minimum atomic E-state index is 0.960. The van der Waals surface area contributed by atoms with Crippen molar-refractivity contribution in [1.82, 2.24) is 4.98 Å². The maximum absolute atomic E-state index is 4.30. The molecule has 0 atom stereocenters. The minimum Gasteiger partial charge on any atom is -0.257 e. The zero-order valence-corrected chi connectivity index (χ0v) is 11.8. The molecule has 1 heterocycles. The fraction of sp³-hybridized carbons (Fsp3) is 0. The Morgan fingerprint density at radius 2 is 1.68 bits per heavy atom. The average molecular weight is 310 g/mol. The minimum absolute atomic E-state index is 0.960. The summed E-state index contributed by atoms with van der Waals surface area (Å²) in [6, 6.07) is 18.5. The number of benzene rings is 2. The number of hydrogen-bond donors (Lipinski definition) is 0. The van der Waals surface area contributed by atoms with Crippen LogP contribution in [0.25, 0.3) is 22.9 Å². The van der Waals surface area contributed by atoms with Crippen molar-refractivity contribution in [3.05, 3.63) is 76.5 Å². The average Bonchev–Trinajstić information content (AvgIpc) is 2.47. The quantitative estimate of drug-likeness (QED) is 0.636. The molecular formula is C17H12BrN. The molecule has 0 saturated carbocycles. The van der Waals surface area contributed by atoms with Gasteiger partial charge in [0, 0.05) is 10.7 Å². The monoisotopic (exact) mass is 309 g/mol. The van der Waals surface area contributed by atoms with Crippen molar-refractivity contribution in [2.45, 2.75) is 0 Å². The fourth-order valence-corrected chi connectivity index (χ4v) is 2.56. The van der Waals surface area contributed by atoms with Gasteiger partial charge >= 0.3 is 0 Å². The van der Waals surface area contributed by atoms with Crippen LogP contribution in [0.3, 0.4) is 0 Å². The number of halogens is 1. The molecule has 0 unspecified atom stereocenters. The molecule has 1 nitrogen and oxygen atoms in total. The van der Waals surface area contributed by atoms with E-state index in [9.17, 15) is 0 Å². The summed E-state index contributed by atoms with van der Waals surface area (Å²) in [6.45, 7) is 0. The molecule has 92 valence electrons. The third kappa shape index (κ3) is 2.59. The van der Waals surface area contributed by atoms with Crippen molar-refractivity contribution in [2.75, 3.05) is 0 Å². The smallest absolute Gasteiger partial charge is 0.0629 e. The Labute approximate surface area is 120 Å². The summed E-state index contributed by atoms with van der Waals surface area (Å²) in [6.07, 6.45) is 5.94. The van der Waals surface area contributed by atoms with Crippen molar-refractivity contribution in [3.63, 3.8) is 0 Å². The van der Waals surface area contributed by atoms with E-state index in [1.165, 1.54) is 16.3 Å². The number of nitrogens with zero attached hydrogens (tertiary/aromatic N) is 1. The van der Waals surface area contributed by atoms with Gasteiger partial charge in [0.2, 0.25) is 0 Å². The van der Waals surface area contributed by atoms with Crippen LogP contribution in [0.15, 0.2) is 65.3 Å². The molecule has 0 radical (unpaired) electrons. The van der Waals surface area contributed by atoms with E-state index >= 15 is 0 Å². The molecule has 0 N–H and O–H groups in total. The number of fused-ring (bicyclic) bond motifs is 1. The second-order valence-electron chi connectivity index (χ2n) is 4.27. The van der Waals surface area contributed by atoms with Crippen LogP contribution in [0.1, 0.15) is 11.3 Å². The van der Waals surface area contributed by atoms with E-state index in [0.29, 0.717) is 0 Å². The van der Waals surface area contributed by atoms with Crippen LogP contribution >= 0.6 is 15.9 Å². The van der Waals surface area contributed by atoms with E-state index in [1.807, 2.05) is 24.3 Å². The number of aromatic nitrogens is 1. The summed E-state index contributed by atoms with van der Waals surface area (Å²) in [5.41, 5.74) is 2.14. The molecule has 0 aliphatic rings. The zero-order chi connectivity index (χ0) is 13.1. The first-order valence-corrected chi connectivity index (χ1v) is 6.90. The lowest BCUT2D eigenvalue weighted by Crippen LogP contribution is -1.81. The van der Waals surface area contributed by atoms with Gasteiger partial charge in [0.25, 0.3) is 0 Å². The van der Waals surface area contributed by atoms with E-state index in [0.717, 1.165) is 10.2 Å². The van der Waals surface area contributed by atoms with Gasteiger partial charge in [0.05, 0.1) is 5.69 Å². The highest BCUT2D eigenvalue weighted by molar-refractivity contribution is 9.10. The predicted octanol–water partition coefficient (Wildman–Crippen LogP) is 5.17. The van der Waals surface area contributed by atoms with E-state index in [4.69, 9.17) is 0 Å². The third-order valence-corrected chi connectivity index (χ3v) is 3.72. The highest BCUT2D eigenvalue weighted by atomic mass is 79.9. The van der Waals surface area contributed by atoms with Crippen LogP contribution in [0.4, 0.5) is 0 Å². The van der Waals surface area contributed by atoms with Gasteiger partial charge in [0.1, 0.15) is 0 Å². The highest BCUT2D eigenvalue weighted by Gasteiger charge is 2.02. The summed E-state index contributed by atoms with van der Waals surface area (Å²) in [5, 5.41) is 2.48.